The average Bonchev–Trinajstić information content (AvgIpc) is 3.20. The number of hydrogen-bond acceptors (Lipinski definition) is 5. The Morgan fingerprint density at radius 3 is 2.58 bits per heavy atom. The van der Waals surface area contributed by atoms with Crippen LogP contribution in [0.15, 0.2) is 42.9 Å². The van der Waals surface area contributed by atoms with Gasteiger partial charge in [0.2, 0.25) is 0 Å². The molecule has 5 nitrogen and oxygen atoms in total. The summed E-state index contributed by atoms with van der Waals surface area (Å²) in [7, 11) is 3.98. The van der Waals surface area contributed by atoms with Gasteiger partial charge in [-0.1, -0.05) is 41.7 Å². The molecule has 0 aliphatic carbocycles. The molecule has 3 aromatic rings. The molecule has 1 N–H and O–H groups in total. The summed E-state index contributed by atoms with van der Waals surface area (Å²) in [6.45, 7) is 2.54. The van der Waals surface area contributed by atoms with Gasteiger partial charge in [-0.3, -0.25) is 0 Å². The highest BCUT2D eigenvalue weighted by atomic mass is 32.1. The van der Waals surface area contributed by atoms with Crippen molar-refractivity contribution in [2.24, 2.45) is 0 Å². The minimum Gasteiger partial charge on any atom is -0.393 e. The molecule has 0 radical (unpaired) electrons. The quantitative estimate of drug-likeness (QED) is 0.745. The van der Waals surface area contributed by atoms with Crippen LogP contribution in [0.2, 0.25) is 0 Å². The first kappa shape index (κ1) is 16.7. The zero-order valence-corrected chi connectivity index (χ0v) is 15.0. The van der Waals surface area contributed by atoms with Gasteiger partial charge < -0.3 is 14.6 Å². The fourth-order valence-corrected chi connectivity index (χ4v) is 3.43. The Kier molecular flexibility index (Phi) is 4.97. The van der Waals surface area contributed by atoms with Gasteiger partial charge >= 0.3 is 0 Å². The fourth-order valence-electron chi connectivity index (χ4n) is 2.52. The summed E-state index contributed by atoms with van der Waals surface area (Å²) in [5.74, 6) is 0. The fraction of sp³-hybridized carbons (Fsp3) is 0.333. The molecule has 0 spiro atoms. The van der Waals surface area contributed by atoms with Crippen molar-refractivity contribution in [2.75, 3.05) is 19.0 Å². The number of aliphatic hydroxyl groups is 1. The molecule has 0 saturated heterocycles. The van der Waals surface area contributed by atoms with Gasteiger partial charge in [0.05, 0.1) is 28.7 Å². The minimum atomic E-state index is -0.334. The van der Waals surface area contributed by atoms with Crippen LogP contribution >= 0.6 is 11.3 Å². The van der Waals surface area contributed by atoms with Gasteiger partial charge in [-0.25, -0.2) is 9.97 Å². The summed E-state index contributed by atoms with van der Waals surface area (Å²) < 4.78 is 2.11. The molecule has 2 heterocycles. The molecule has 2 aromatic heterocycles. The largest absolute Gasteiger partial charge is 0.393 e. The first-order chi connectivity index (χ1) is 11.6. The van der Waals surface area contributed by atoms with Gasteiger partial charge in [0.25, 0.3) is 0 Å². The maximum absolute atomic E-state index is 9.63. The summed E-state index contributed by atoms with van der Waals surface area (Å²) in [5, 5.41) is 10.6. The molecule has 6 heteroatoms. The Morgan fingerprint density at radius 2 is 1.96 bits per heavy atom. The van der Waals surface area contributed by atoms with Crippen molar-refractivity contribution in [2.45, 2.75) is 26.0 Å². The molecule has 0 unspecified atom stereocenters. The smallest absolute Gasteiger partial charge is 0.185 e. The summed E-state index contributed by atoms with van der Waals surface area (Å²) in [4.78, 5) is 12.2. The highest BCUT2D eigenvalue weighted by molar-refractivity contribution is 7.18. The van der Waals surface area contributed by atoms with Crippen LogP contribution in [-0.4, -0.2) is 39.8 Å². The normalized spacial score (nSPS) is 12.3. The van der Waals surface area contributed by atoms with Crippen molar-refractivity contribution in [3.05, 3.63) is 42.9 Å². The van der Waals surface area contributed by atoms with E-state index in [0.717, 1.165) is 33.5 Å². The topological polar surface area (TPSA) is 54.2 Å². The molecule has 1 aromatic carbocycles. The van der Waals surface area contributed by atoms with Crippen LogP contribution in [0.25, 0.3) is 21.8 Å². The van der Waals surface area contributed by atoms with E-state index in [1.165, 1.54) is 0 Å². The van der Waals surface area contributed by atoms with E-state index in [1.54, 1.807) is 11.3 Å². The third-order valence-corrected chi connectivity index (χ3v) is 4.95. The van der Waals surface area contributed by atoms with Crippen LogP contribution in [0, 0.1) is 0 Å². The maximum atomic E-state index is 9.63. The predicted octanol–water partition coefficient (Wildman–Crippen LogP) is 3.51. The van der Waals surface area contributed by atoms with Gasteiger partial charge in [0.15, 0.2) is 5.13 Å². The summed E-state index contributed by atoms with van der Waals surface area (Å²) in [5.41, 5.74) is 3.10. The molecule has 0 saturated carbocycles. The number of hydrogen-bond donors (Lipinski definition) is 1. The zero-order valence-electron chi connectivity index (χ0n) is 14.2. The molecular formula is C18H22N4OS. The second kappa shape index (κ2) is 7.15. The van der Waals surface area contributed by atoms with Gasteiger partial charge in [-0.15, -0.1) is 0 Å². The number of rotatable bonds is 6. The van der Waals surface area contributed by atoms with Crippen LogP contribution < -0.4 is 4.90 Å². The first-order valence-electron chi connectivity index (χ1n) is 7.98. The monoisotopic (exact) mass is 342 g/mol. The lowest BCUT2D eigenvalue weighted by Crippen LogP contribution is -2.07. The Morgan fingerprint density at radius 1 is 1.21 bits per heavy atom. The third kappa shape index (κ3) is 3.49. The predicted molar refractivity (Wildman–Crippen MR) is 99.4 cm³/mol. The van der Waals surface area contributed by atoms with Crippen LogP contribution in [0.3, 0.4) is 0 Å². The van der Waals surface area contributed by atoms with Crippen molar-refractivity contribution >= 4 is 16.5 Å². The Balaban J connectivity index is 2.06. The third-order valence-electron chi connectivity index (χ3n) is 3.78. The van der Waals surface area contributed by atoms with E-state index in [9.17, 15) is 5.11 Å². The Bertz CT molecular complexity index is 792. The van der Waals surface area contributed by atoms with Crippen molar-refractivity contribution in [1.82, 2.24) is 14.5 Å². The van der Waals surface area contributed by atoms with E-state index in [0.29, 0.717) is 6.42 Å². The van der Waals surface area contributed by atoms with E-state index in [1.807, 2.05) is 56.6 Å². The number of aromatic nitrogens is 3. The molecule has 1 atom stereocenters. The van der Waals surface area contributed by atoms with Crippen LogP contribution in [-0.2, 0) is 6.54 Å². The highest BCUT2D eigenvalue weighted by Gasteiger charge is 2.18. The molecule has 3 rings (SSSR count). The van der Waals surface area contributed by atoms with Crippen molar-refractivity contribution in [3.8, 4) is 21.8 Å². The number of imidazole rings is 1. The van der Waals surface area contributed by atoms with Gasteiger partial charge in [0.1, 0.15) is 0 Å². The number of aliphatic hydroxyl groups excluding tert-OH is 1. The van der Waals surface area contributed by atoms with E-state index >= 15 is 0 Å². The van der Waals surface area contributed by atoms with E-state index in [-0.39, 0.29) is 6.10 Å². The molecule has 0 aliphatic rings. The molecular weight excluding hydrogens is 320 g/mol. The van der Waals surface area contributed by atoms with Crippen LogP contribution in [0.5, 0.6) is 0 Å². The van der Waals surface area contributed by atoms with Crippen molar-refractivity contribution in [1.29, 1.82) is 0 Å². The lowest BCUT2D eigenvalue weighted by atomic mass is 10.1. The maximum Gasteiger partial charge on any atom is 0.185 e. The Hall–Kier alpha value is -2.18. The second-order valence-corrected chi connectivity index (χ2v) is 7.05. The molecule has 0 bridgehead atoms. The summed E-state index contributed by atoms with van der Waals surface area (Å²) >= 11 is 1.65. The summed E-state index contributed by atoms with van der Waals surface area (Å²) in [6, 6.07) is 10.2. The molecule has 24 heavy (non-hydrogen) atoms. The average molecular weight is 342 g/mol. The first-order valence-corrected chi connectivity index (χ1v) is 8.80. The lowest BCUT2D eigenvalue weighted by molar-refractivity contribution is 0.178. The second-order valence-electron chi connectivity index (χ2n) is 6.04. The van der Waals surface area contributed by atoms with E-state index < -0.39 is 0 Å². The number of nitrogens with zero attached hydrogens (tertiary/aromatic N) is 4. The summed E-state index contributed by atoms with van der Waals surface area (Å²) in [6.07, 6.45) is 4.12. The number of benzene rings is 1. The molecule has 0 fully saturated rings. The van der Waals surface area contributed by atoms with Gasteiger partial charge in [-0.2, -0.15) is 0 Å². The Labute approximate surface area is 146 Å². The van der Waals surface area contributed by atoms with Crippen LogP contribution in [0.1, 0.15) is 13.3 Å². The van der Waals surface area contributed by atoms with E-state index in [4.69, 9.17) is 0 Å². The molecule has 0 amide bonds. The van der Waals surface area contributed by atoms with Crippen LogP contribution in [0.4, 0.5) is 5.13 Å². The van der Waals surface area contributed by atoms with E-state index in [2.05, 4.69) is 26.7 Å². The van der Waals surface area contributed by atoms with Crippen molar-refractivity contribution in [3.63, 3.8) is 0 Å². The van der Waals surface area contributed by atoms with Gasteiger partial charge in [-0.05, 0) is 13.3 Å². The molecule has 0 aliphatic heterocycles. The van der Waals surface area contributed by atoms with Crippen molar-refractivity contribution < 1.29 is 5.11 Å². The lowest BCUT2D eigenvalue weighted by Gasteiger charge is -2.10. The number of anilines is 1. The van der Waals surface area contributed by atoms with Gasteiger partial charge in [0, 0.05) is 32.4 Å². The number of aryl methyl sites for hydroxylation is 1. The zero-order chi connectivity index (χ0) is 17.1. The minimum absolute atomic E-state index is 0.334. The molecule has 126 valence electrons. The highest BCUT2D eigenvalue weighted by Crippen LogP contribution is 2.36. The standard InChI is InChI=1S/C18H22N4OS/c1-13(23)9-10-22-12-20-16(14-7-5-4-6-8-14)17(22)15-11-19-18(24-15)21(2)3/h4-8,11-13,23H,9-10H2,1-3H3/t13-/m0/s1. The number of thiazole rings is 1. The SMILES string of the molecule is C[C@H](O)CCn1cnc(-c2ccccc2)c1-c1cnc(N(C)C)s1.